The average Bonchev–Trinajstić information content (AvgIpc) is 2.70. The van der Waals surface area contributed by atoms with Crippen LogP contribution in [-0.4, -0.2) is 38.4 Å². The van der Waals surface area contributed by atoms with Gasteiger partial charge in [0.1, 0.15) is 4.90 Å². The molecule has 1 aromatic rings. The van der Waals surface area contributed by atoms with Gasteiger partial charge in [-0.25, -0.2) is 13.1 Å². The molecule has 0 bridgehead atoms. The number of ether oxygens (including phenoxy) is 1. The molecule has 0 aliphatic rings. The summed E-state index contributed by atoms with van der Waals surface area (Å²) in [6.45, 7) is 2.25. The zero-order valence-corrected chi connectivity index (χ0v) is 9.54. The third kappa shape index (κ3) is 3.29. The maximum absolute atomic E-state index is 11.7. The smallest absolute Gasteiger partial charge is 0.244 e. The van der Waals surface area contributed by atoms with E-state index in [-0.39, 0.29) is 10.9 Å². The van der Waals surface area contributed by atoms with E-state index in [0.717, 1.165) is 0 Å². The summed E-state index contributed by atoms with van der Waals surface area (Å²) < 4.78 is 30.9. The van der Waals surface area contributed by atoms with Gasteiger partial charge in [0, 0.05) is 19.3 Å². The van der Waals surface area contributed by atoms with Crippen molar-refractivity contribution < 1.29 is 13.2 Å². The van der Waals surface area contributed by atoms with Gasteiger partial charge in [-0.2, -0.15) is 5.10 Å². The van der Waals surface area contributed by atoms with Gasteiger partial charge in [0.2, 0.25) is 10.0 Å². The van der Waals surface area contributed by atoms with Gasteiger partial charge in [-0.05, 0) is 6.42 Å². The van der Waals surface area contributed by atoms with Crippen LogP contribution in [0, 0.1) is 0 Å². The lowest BCUT2D eigenvalue weighted by Crippen LogP contribution is -2.37. The highest BCUT2D eigenvalue weighted by atomic mass is 32.2. The molecule has 0 aromatic carbocycles. The summed E-state index contributed by atoms with van der Waals surface area (Å²) in [4.78, 5) is 0.136. The lowest BCUT2D eigenvalue weighted by atomic mass is 10.3. The van der Waals surface area contributed by atoms with Crippen molar-refractivity contribution in [2.75, 3.05) is 13.7 Å². The quantitative estimate of drug-likeness (QED) is 0.730. The van der Waals surface area contributed by atoms with Crippen LogP contribution < -0.4 is 4.72 Å². The Bertz CT molecular complexity index is 374. The van der Waals surface area contributed by atoms with Crippen molar-refractivity contribution in [3.63, 3.8) is 0 Å². The average molecular weight is 233 g/mol. The molecule has 6 nitrogen and oxygen atoms in total. The Morgan fingerprint density at radius 3 is 2.87 bits per heavy atom. The molecule has 86 valence electrons. The summed E-state index contributed by atoms with van der Waals surface area (Å²) >= 11 is 0. The van der Waals surface area contributed by atoms with Gasteiger partial charge in [-0.15, -0.1) is 0 Å². The number of sulfonamides is 1. The SMILES string of the molecule is CCC(COC)NS(=O)(=O)c1cn[nH]c1. The molecule has 1 atom stereocenters. The van der Waals surface area contributed by atoms with Crippen LogP contribution in [0.2, 0.25) is 0 Å². The molecule has 1 rings (SSSR count). The number of aromatic amines is 1. The molecule has 7 heteroatoms. The standard InChI is InChI=1S/C8H15N3O3S/c1-3-7(6-14-2)11-15(12,13)8-4-9-10-5-8/h4-5,7,11H,3,6H2,1-2H3,(H,9,10). The number of nitrogens with one attached hydrogen (secondary N) is 2. The van der Waals surface area contributed by atoms with E-state index in [9.17, 15) is 8.42 Å². The molecule has 0 radical (unpaired) electrons. The fraction of sp³-hybridized carbons (Fsp3) is 0.625. The van der Waals surface area contributed by atoms with Gasteiger partial charge in [0.25, 0.3) is 0 Å². The first kappa shape index (κ1) is 12.2. The minimum atomic E-state index is -3.47. The van der Waals surface area contributed by atoms with Gasteiger partial charge in [-0.1, -0.05) is 6.92 Å². The number of methoxy groups -OCH3 is 1. The van der Waals surface area contributed by atoms with Crippen molar-refractivity contribution in [2.45, 2.75) is 24.3 Å². The van der Waals surface area contributed by atoms with Crippen molar-refractivity contribution in [1.82, 2.24) is 14.9 Å². The second kappa shape index (κ2) is 5.24. The van der Waals surface area contributed by atoms with E-state index >= 15 is 0 Å². The Morgan fingerprint density at radius 1 is 1.67 bits per heavy atom. The Hall–Kier alpha value is -0.920. The summed E-state index contributed by atoms with van der Waals surface area (Å²) in [5, 5.41) is 6.05. The number of rotatable bonds is 6. The summed E-state index contributed by atoms with van der Waals surface area (Å²) in [6, 6.07) is -0.213. The largest absolute Gasteiger partial charge is 0.383 e. The molecular formula is C8H15N3O3S. The number of hydrogen-bond donors (Lipinski definition) is 2. The molecule has 0 aliphatic carbocycles. The van der Waals surface area contributed by atoms with E-state index < -0.39 is 10.0 Å². The van der Waals surface area contributed by atoms with Crippen LogP contribution in [0.25, 0.3) is 0 Å². The number of hydrogen-bond acceptors (Lipinski definition) is 4. The fourth-order valence-corrected chi connectivity index (χ4v) is 2.32. The summed E-state index contributed by atoms with van der Waals surface area (Å²) in [6.07, 6.45) is 3.27. The lowest BCUT2D eigenvalue weighted by Gasteiger charge is -2.14. The highest BCUT2D eigenvalue weighted by molar-refractivity contribution is 7.89. The minimum absolute atomic E-state index is 0.136. The van der Waals surface area contributed by atoms with Gasteiger partial charge in [0.15, 0.2) is 0 Å². The summed E-state index contributed by atoms with van der Waals surface area (Å²) in [5.74, 6) is 0. The van der Waals surface area contributed by atoms with E-state index in [4.69, 9.17) is 4.74 Å². The van der Waals surface area contributed by atoms with Crippen LogP contribution in [0.15, 0.2) is 17.3 Å². The monoisotopic (exact) mass is 233 g/mol. The first-order valence-electron chi connectivity index (χ1n) is 4.60. The second-order valence-corrected chi connectivity index (χ2v) is 4.83. The molecule has 0 saturated carbocycles. The molecule has 1 unspecified atom stereocenters. The predicted octanol–water partition coefficient (Wildman–Crippen LogP) is 0.113. The Balaban J connectivity index is 2.72. The van der Waals surface area contributed by atoms with E-state index in [1.165, 1.54) is 19.5 Å². The Kier molecular flexibility index (Phi) is 4.25. The topological polar surface area (TPSA) is 84.1 Å². The van der Waals surface area contributed by atoms with Crippen LogP contribution in [0.3, 0.4) is 0 Å². The van der Waals surface area contributed by atoms with Crippen LogP contribution in [-0.2, 0) is 14.8 Å². The van der Waals surface area contributed by atoms with Crippen molar-refractivity contribution >= 4 is 10.0 Å². The summed E-state index contributed by atoms with van der Waals surface area (Å²) in [7, 11) is -1.94. The van der Waals surface area contributed by atoms with E-state index in [2.05, 4.69) is 14.9 Å². The van der Waals surface area contributed by atoms with Crippen LogP contribution in [0.5, 0.6) is 0 Å². The molecule has 2 N–H and O–H groups in total. The van der Waals surface area contributed by atoms with E-state index in [1.54, 1.807) is 0 Å². The van der Waals surface area contributed by atoms with Crippen LogP contribution in [0.4, 0.5) is 0 Å². The van der Waals surface area contributed by atoms with Crippen molar-refractivity contribution in [3.8, 4) is 0 Å². The first-order chi connectivity index (χ1) is 7.10. The zero-order valence-electron chi connectivity index (χ0n) is 8.73. The highest BCUT2D eigenvalue weighted by Gasteiger charge is 2.19. The second-order valence-electron chi connectivity index (χ2n) is 3.12. The highest BCUT2D eigenvalue weighted by Crippen LogP contribution is 2.06. The molecule has 15 heavy (non-hydrogen) atoms. The Morgan fingerprint density at radius 2 is 2.40 bits per heavy atom. The van der Waals surface area contributed by atoms with E-state index in [1.807, 2.05) is 6.92 Å². The number of H-pyrrole nitrogens is 1. The zero-order chi connectivity index (χ0) is 11.3. The van der Waals surface area contributed by atoms with E-state index in [0.29, 0.717) is 13.0 Å². The maximum atomic E-state index is 11.7. The molecule has 1 heterocycles. The van der Waals surface area contributed by atoms with Gasteiger partial charge >= 0.3 is 0 Å². The number of aromatic nitrogens is 2. The molecule has 0 aliphatic heterocycles. The van der Waals surface area contributed by atoms with Crippen LogP contribution >= 0.6 is 0 Å². The predicted molar refractivity (Wildman–Crippen MR) is 54.9 cm³/mol. The third-order valence-corrected chi connectivity index (χ3v) is 3.45. The Labute approximate surface area is 89.1 Å². The molecule has 0 saturated heterocycles. The molecule has 1 aromatic heterocycles. The number of nitrogens with zero attached hydrogens (tertiary/aromatic N) is 1. The minimum Gasteiger partial charge on any atom is -0.383 e. The van der Waals surface area contributed by atoms with Gasteiger partial charge in [0.05, 0.1) is 12.8 Å². The first-order valence-corrected chi connectivity index (χ1v) is 6.08. The van der Waals surface area contributed by atoms with Crippen molar-refractivity contribution in [2.24, 2.45) is 0 Å². The van der Waals surface area contributed by atoms with Crippen molar-refractivity contribution in [3.05, 3.63) is 12.4 Å². The third-order valence-electron chi connectivity index (χ3n) is 1.97. The van der Waals surface area contributed by atoms with Crippen molar-refractivity contribution in [1.29, 1.82) is 0 Å². The normalized spacial score (nSPS) is 14.0. The molecule has 0 amide bonds. The van der Waals surface area contributed by atoms with Gasteiger partial charge in [-0.3, -0.25) is 5.10 Å². The summed E-state index contributed by atoms with van der Waals surface area (Å²) in [5.41, 5.74) is 0. The lowest BCUT2D eigenvalue weighted by molar-refractivity contribution is 0.173. The van der Waals surface area contributed by atoms with Crippen LogP contribution in [0.1, 0.15) is 13.3 Å². The molecule has 0 fully saturated rings. The molecule has 0 spiro atoms. The maximum Gasteiger partial charge on any atom is 0.244 e. The fourth-order valence-electron chi connectivity index (χ4n) is 1.11. The molecular weight excluding hydrogens is 218 g/mol. The van der Waals surface area contributed by atoms with Gasteiger partial charge < -0.3 is 4.74 Å².